The van der Waals surface area contributed by atoms with E-state index in [1.165, 1.54) is 106 Å². The topological polar surface area (TPSA) is 280 Å². The van der Waals surface area contributed by atoms with Gasteiger partial charge in [0.2, 0.25) is 29.6 Å². The fourth-order valence-electron chi connectivity index (χ4n) is 27.0. The monoisotopic (exact) mass is 1650 g/mol. The van der Waals surface area contributed by atoms with Crippen molar-refractivity contribution in [2.45, 2.75) is 304 Å². The Labute approximate surface area is 732 Å². The smallest absolute Gasteiger partial charge is 0.793 e. The molecule has 2 aromatic rings. The number of ether oxygens (including phenoxy) is 2. The first-order valence-electron chi connectivity index (χ1n) is 45.5. The van der Waals surface area contributed by atoms with Gasteiger partial charge >= 0.3 is 41.5 Å². The minimum absolute atomic E-state index is 0. The Balaban J connectivity index is 0.000000175. The molecule has 4 spiro atoms. The Morgan fingerprint density at radius 1 is 0.538 bits per heavy atom. The molecule has 5 N–H and O–H groups in total. The van der Waals surface area contributed by atoms with Crippen LogP contribution in [0.25, 0.3) is 0 Å². The maximum absolute atomic E-state index is 12.8. The van der Waals surface area contributed by atoms with Crippen LogP contribution < -0.4 is 56.1 Å². The second-order valence-corrected chi connectivity index (χ2v) is 39.4. The van der Waals surface area contributed by atoms with Crippen molar-refractivity contribution < 1.29 is 101 Å². The van der Waals surface area contributed by atoms with Gasteiger partial charge in [-0.3, -0.25) is 38.5 Å². The number of piperidine rings is 2. The summed E-state index contributed by atoms with van der Waals surface area (Å²) in [6.45, 7) is 28.8. The molecule has 4 amide bonds. The number of hydrogen-bond acceptors (Lipinski definition) is 17. The predicted octanol–water partition coefficient (Wildman–Crippen LogP) is 11.0. The van der Waals surface area contributed by atoms with E-state index in [1.807, 2.05) is 48.5 Å². The van der Waals surface area contributed by atoms with Gasteiger partial charge in [0.1, 0.15) is 6.29 Å². The Morgan fingerprint density at radius 3 is 1.45 bits per heavy atom. The van der Waals surface area contributed by atoms with Crippen LogP contribution in [0.5, 0.6) is 0 Å². The number of nitrogens with zero attached hydrogens (tertiary/aromatic N) is 1. The van der Waals surface area contributed by atoms with Crippen LogP contribution in [0, 0.1) is 91.7 Å². The third kappa shape index (κ3) is 19.8. The van der Waals surface area contributed by atoms with E-state index in [9.17, 15) is 47.9 Å². The number of rotatable bonds is 23. The second-order valence-electron chi connectivity index (χ2n) is 39.4. The van der Waals surface area contributed by atoms with Crippen molar-refractivity contribution in [2.75, 3.05) is 45.8 Å². The number of likely N-dealkylation sites (tertiary alicyclic amines) is 1. The maximum atomic E-state index is 12.8. The molecule has 12 fully saturated rings. The van der Waals surface area contributed by atoms with Gasteiger partial charge < -0.3 is 53.6 Å². The zero-order valence-electron chi connectivity index (χ0n) is 73.9. The zero-order valence-corrected chi connectivity index (χ0v) is 75.9. The van der Waals surface area contributed by atoms with Crippen LogP contribution >= 0.6 is 0 Å². The van der Waals surface area contributed by atoms with Gasteiger partial charge in [0.25, 0.3) is 0 Å². The van der Waals surface area contributed by atoms with Gasteiger partial charge in [-0.25, -0.2) is 19.4 Å². The third-order valence-corrected chi connectivity index (χ3v) is 32.8. The number of fused-ring (bicyclic) bond motifs is 12. The Hall–Kier alpha value is -5.88. The van der Waals surface area contributed by atoms with E-state index < -0.39 is 17.9 Å². The summed E-state index contributed by atoms with van der Waals surface area (Å²) in [5, 5.41) is 15.6. The number of carbonyl (C=O) groups is 10. The summed E-state index contributed by atoms with van der Waals surface area (Å²) < 4.78 is 18.3. The number of aldehydes is 1. The van der Waals surface area contributed by atoms with Crippen molar-refractivity contribution >= 4 is 67.4 Å². The molecular weight excluding hydrogens is 1510 g/mol. The molecule has 16 rings (SSSR count). The molecule has 21 nitrogen and oxygen atoms in total. The van der Waals surface area contributed by atoms with E-state index in [0.29, 0.717) is 115 Å². The first-order valence-corrected chi connectivity index (χ1v) is 45.5. The molecule has 4 unspecified atom stereocenters. The molecule has 8 saturated carbocycles. The number of nitrogens with one attached hydrogen (secondary N) is 5. The number of carbonyl (C=O) groups excluding carboxylic acids is 10. The van der Waals surface area contributed by atoms with Crippen LogP contribution in [0.2, 0.25) is 0 Å². The molecule has 10 aliphatic carbocycles. The van der Waals surface area contributed by atoms with Gasteiger partial charge in [-0.2, -0.15) is 0 Å². The van der Waals surface area contributed by atoms with Crippen molar-refractivity contribution in [1.29, 1.82) is 0 Å². The molecule has 22 atom stereocenters. The molecule has 119 heavy (non-hydrogen) atoms. The molecule has 0 aromatic heterocycles. The van der Waals surface area contributed by atoms with E-state index in [0.717, 1.165) is 165 Å². The minimum Gasteiger partial charge on any atom is -0.793 e. The number of unbranched alkanes of at least 4 members (excludes halogenated alkanes) is 4. The summed E-state index contributed by atoms with van der Waals surface area (Å²) >= 11 is 0. The molecule has 4 saturated heterocycles. The summed E-state index contributed by atoms with van der Waals surface area (Å²) in [5.74, 6) is 6.53. The predicted molar refractivity (Wildman–Crippen MR) is 452 cm³/mol. The molecule has 0 bridgehead atoms. The SMILES string of the molecule is CC(=O)OOC(C)=O.C[C@@H]1CN[C@H]2[C@@H](C)[C@@]3(CC[C@H]4[C@@H]5CCC6=CC(=O)CC[C@]6(C)[C@H]5CC45CC53C)O[C@@H]2C1.C[C@H]1C[C@H]2O[C@]3(CC[C@H]4[C@@H]5CCC6=CC(=O)CC[C@]6(C)[C@H]5CC45CC53C)[C@H](C)[C@@H]2N(CCNC(=O)CCCCCNC(=O)CCc2ccccc2)C1.O=CCNC(=O)CCCCCNC(=O)CCc1ccccc1.[B-]OC(C)=O.[Na+]. The third-order valence-electron chi connectivity index (χ3n) is 32.8. The molecule has 14 aliphatic rings. The summed E-state index contributed by atoms with van der Waals surface area (Å²) in [4.78, 5) is 122. The van der Waals surface area contributed by atoms with Gasteiger partial charge in [-0.05, 0) is 240 Å². The average Bonchev–Trinajstić information content (AvgIpc) is 1.46. The number of allylic oxidation sites excluding steroid dienone is 4. The number of ketones is 2. The van der Waals surface area contributed by atoms with Crippen molar-refractivity contribution in [3.63, 3.8) is 0 Å². The van der Waals surface area contributed by atoms with Crippen LogP contribution in [-0.4, -0.2) is 154 Å². The van der Waals surface area contributed by atoms with E-state index >= 15 is 0 Å². The van der Waals surface area contributed by atoms with Gasteiger partial charge in [0.15, 0.2) is 11.6 Å². The van der Waals surface area contributed by atoms with E-state index in [-0.39, 0.29) is 93.3 Å². The molecule has 23 heteroatoms. The Morgan fingerprint density at radius 2 is 0.983 bits per heavy atom. The molecular formula is C96H139BN6NaO15. The summed E-state index contributed by atoms with van der Waals surface area (Å²) in [6, 6.07) is 21.0. The van der Waals surface area contributed by atoms with Gasteiger partial charge in [0.05, 0.1) is 30.0 Å². The van der Waals surface area contributed by atoms with Gasteiger partial charge in [-0.1, -0.05) is 140 Å². The quantitative estimate of drug-likeness (QED) is 0.0227. The maximum Gasteiger partial charge on any atom is 1.00 e. The summed E-state index contributed by atoms with van der Waals surface area (Å²) in [5.41, 5.74) is 7.36. The average molecular weight is 1650 g/mol. The zero-order chi connectivity index (χ0) is 84.6. The van der Waals surface area contributed by atoms with Gasteiger partial charge in [0, 0.05) is 127 Å². The first-order chi connectivity index (χ1) is 56.4. The Kier molecular flexibility index (Phi) is 31.5. The molecule has 4 aliphatic heterocycles. The molecule has 2 aromatic carbocycles. The van der Waals surface area contributed by atoms with E-state index in [4.69, 9.17) is 9.47 Å². The first kappa shape index (κ1) is 93.8. The number of amides is 4. The minimum atomic E-state index is -0.639. The van der Waals surface area contributed by atoms with E-state index in [1.54, 1.807) is 0 Å². The van der Waals surface area contributed by atoms with Crippen LogP contribution in [0.4, 0.5) is 0 Å². The standard InChI is InChI=1S/C45H65N3O4.C28H41NO2.C17H24N2O3.C4H6O4.C2H3BO2.Na/c1-30-25-38-41(48(28-30)24-23-47-39(50)13-9-6-10-22-46-40(51)17-14-32-11-7-5-8-12-32)31(2)45(52-38)21-19-36-35-16-15-33-26-34(49)18-20-42(33,3)37(35)27-44(36)29-43(44,45)4;1-16-11-23-24(29-14-16)17(2)28(31-23)10-8-21-20-6-5-18-12-19(30)7-9-25(18,3)22(20)13-27(21)15-26(27,28)4;20-14-13-19-16(21)9-5-2-6-12-18-17(22)11-10-15-7-3-1-4-8-15;1-3(5)7-8-4(2)6;1-2(4)5-3;/h5,7-8,11-12,26,30-31,35-38,41H,6,9-10,13-25,27-29H2,1-4H3,(H,46,51)(H,47,50);12,16-17,20-24,29H,5-11,13-15H2,1-4H3;1,3-4,7-8,14H,2,5-6,9-13H2,(H,18,22)(H,19,21);1-2H3;1H3;/q;;;;-1;+1/t30-,31+,35-,36-,37-,38+,41-,42-,43?,44?,45+;16-,17+,20-,21-,22-,23+,24-,25-,26?,27?,28+;;;;/m00..../s1. The van der Waals surface area contributed by atoms with Crippen molar-refractivity contribution in [2.24, 2.45) is 91.7 Å². The normalized spacial score (nSPS) is 36.9. The fourth-order valence-corrected chi connectivity index (χ4v) is 27.0. The number of benzene rings is 2. The summed E-state index contributed by atoms with van der Waals surface area (Å²) in [6.07, 6.45) is 35.8. The van der Waals surface area contributed by atoms with Gasteiger partial charge in [-0.15, -0.1) is 0 Å². The Bertz CT molecular complexity index is 3990. The van der Waals surface area contributed by atoms with Crippen molar-refractivity contribution in [3.05, 3.63) is 95.1 Å². The number of aryl methyl sites for hydroxylation is 2. The molecule has 3 radical (unpaired) electrons. The van der Waals surface area contributed by atoms with Crippen molar-refractivity contribution in [1.82, 2.24) is 31.5 Å². The second kappa shape index (κ2) is 40.0. The van der Waals surface area contributed by atoms with Crippen LogP contribution in [-0.2, 0) is 84.7 Å². The van der Waals surface area contributed by atoms with Crippen molar-refractivity contribution in [3.8, 4) is 0 Å². The summed E-state index contributed by atoms with van der Waals surface area (Å²) in [7, 11) is 4.32. The number of hydrogen-bond donors (Lipinski definition) is 5. The fraction of sp³-hybridized carbons (Fsp3) is 0.729. The van der Waals surface area contributed by atoms with Crippen LogP contribution in [0.15, 0.2) is 84.0 Å². The van der Waals surface area contributed by atoms with Crippen LogP contribution in [0.1, 0.15) is 267 Å². The largest absolute Gasteiger partial charge is 1.00 e. The molecule has 4 heterocycles. The van der Waals surface area contributed by atoms with Crippen LogP contribution in [0.3, 0.4) is 0 Å². The molecule has 647 valence electrons. The van der Waals surface area contributed by atoms with E-state index in [2.05, 4.69) is 134 Å².